The number of likely N-dealkylation sites (tertiary alicyclic amines) is 1. The van der Waals surface area contributed by atoms with Crippen LogP contribution in [0.15, 0.2) is 48.5 Å². The third kappa shape index (κ3) is 3.07. The third-order valence-electron chi connectivity index (χ3n) is 5.98. The monoisotopic (exact) mass is 424 g/mol. The zero-order chi connectivity index (χ0) is 20.9. The lowest BCUT2D eigenvalue weighted by atomic mass is 9.92. The van der Waals surface area contributed by atoms with Crippen LogP contribution in [0.3, 0.4) is 0 Å². The van der Waals surface area contributed by atoms with Crippen LogP contribution in [-0.4, -0.2) is 39.9 Å². The number of thiazole rings is 1. The molecule has 1 N–H and O–H groups in total. The average Bonchev–Trinajstić information content (AvgIpc) is 3.42. The fraction of sp³-hybridized carbons (Fsp3) is 0.318. The van der Waals surface area contributed by atoms with Crippen LogP contribution in [-0.2, 0) is 10.3 Å². The van der Waals surface area contributed by atoms with Gasteiger partial charge in [-0.05, 0) is 49.6 Å². The number of nitrogens with zero attached hydrogens (tertiary/aromatic N) is 3. The highest BCUT2D eigenvalue weighted by molar-refractivity contribution is 7.18. The Morgan fingerprint density at radius 3 is 2.73 bits per heavy atom. The van der Waals surface area contributed by atoms with E-state index in [1.54, 1.807) is 18.3 Å². The molecule has 3 aromatic rings. The fourth-order valence-corrected chi connectivity index (χ4v) is 5.43. The maximum absolute atomic E-state index is 13.3. The van der Waals surface area contributed by atoms with Crippen LogP contribution in [0.2, 0.25) is 0 Å². The van der Waals surface area contributed by atoms with Gasteiger partial charge in [0.25, 0.3) is 5.91 Å². The summed E-state index contributed by atoms with van der Waals surface area (Å²) in [6.07, 6.45) is 1.93. The maximum atomic E-state index is 13.3. The highest BCUT2D eigenvalue weighted by Gasteiger charge is 2.50. The van der Waals surface area contributed by atoms with E-state index in [9.17, 15) is 14.0 Å². The number of nitrogens with one attached hydrogen (secondary N) is 1. The van der Waals surface area contributed by atoms with Gasteiger partial charge in [-0.1, -0.05) is 24.3 Å². The molecule has 1 aromatic heterocycles. The molecule has 0 radical (unpaired) electrons. The van der Waals surface area contributed by atoms with E-state index in [1.165, 1.54) is 29.2 Å². The first-order valence-corrected chi connectivity index (χ1v) is 10.8. The molecule has 30 heavy (non-hydrogen) atoms. The number of carbonyl (C=O) groups excluding carboxylic acids is 2. The maximum Gasteiger partial charge on any atom is 0.326 e. The zero-order valence-electron chi connectivity index (χ0n) is 16.5. The SMILES string of the molecule is C[C@@]1(c2ccc(F)cc2)NC(=O)N(CN2CCC[C@H]2c2nc3ccccc3s2)C1=O. The third-order valence-corrected chi connectivity index (χ3v) is 7.12. The summed E-state index contributed by atoms with van der Waals surface area (Å²) < 4.78 is 14.4. The van der Waals surface area contributed by atoms with E-state index < -0.39 is 11.6 Å². The van der Waals surface area contributed by atoms with Crippen LogP contribution in [0.1, 0.15) is 36.4 Å². The number of hydrogen-bond acceptors (Lipinski definition) is 5. The molecule has 2 aliphatic heterocycles. The average molecular weight is 425 g/mol. The van der Waals surface area contributed by atoms with Gasteiger partial charge in [0.15, 0.2) is 0 Å². The van der Waals surface area contributed by atoms with Gasteiger partial charge in [-0.15, -0.1) is 11.3 Å². The first-order valence-electron chi connectivity index (χ1n) is 9.95. The molecule has 0 unspecified atom stereocenters. The van der Waals surface area contributed by atoms with E-state index in [0.29, 0.717) is 5.56 Å². The number of imide groups is 1. The van der Waals surface area contributed by atoms with Crippen LogP contribution in [0.4, 0.5) is 9.18 Å². The summed E-state index contributed by atoms with van der Waals surface area (Å²) in [7, 11) is 0. The van der Waals surface area contributed by atoms with Crippen molar-refractivity contribution in [1.82, 2.24) is 20.1 Å². The molecular formula is C22H21FN4O2S. The first-order chi connectivity index (χ1) is 14.5. The fourth-order valence-electron chi connectivity index (χ4n) is 4.29. The lowest BCUT2D eigenvalue weighted by molar-refractivity contribution is -0.132. The predicted molar refractivity (Wildman–Crippen MR) is 112 cm³/mol. The summed E-state index contributed by atoms with van der Waals surface area (Å²) in [4.78, 5) is 34.1. The highest BCUT2D eigenvalue weighted by atomic mass is 32.1. The Balaban J connectivity index is 1.38. The number of benzene rings is 2. The quantitative estimate of drug-likeness (QED) is 0.643. The molecule has 0 spiro atoms. The lowest BCUT2D eigenvalue weighted by Crippen LogP contribution is -2.43. The van der Waals surface area contributed by atoms with Crippen molar-refractivity contribution in [3.63, 3.8) is 0 Å². The Bertz CT molecular complexity index is 1100. The van der Waals surface area contributed by atoms with Gasteiger partial charge in [-0.3, -0.25) is 9.69 Å². The van der Waals surface area contributed by atoms with E-state index in [0.717, 1.165) is 34.6 Å². The molecule has 8 heteroatoms. The Kier molecular flexibility index (Phi) is 4.56. The minimum Gasteiger partial charge on any atom is -0.319 e. The summed E-state index contributed by atoms with van der Waals surface area (Å²) >= 11 is 1.66. The molecule has 5 rings (SSSR count). The Morgan fingerprint density at radius 2 is 1.97 bits per heavy atom. The number of carbonyl (C=O) groups is 2. The van der Waals surface area contributed by atoms with Gasteiger partial charge in [-0.25, -0.2) is 19.1 Å². The number of rotatable bonds is 4. The van der Waals surface area contributed by atoms with Gasteiger partial charge >= 0.3 is 6.03 Å². The second-order valence-corrected chi connectivity index (χ2v) is 8.99. The molecule has 3 amide bonds. The zero-order valence-corrected chi connectivity index (χ0v) is 17.3. The Labute approximate surface area is 177 Å². The van der Waals surface area contributed by atoms with Gasteiger partial charge < -0.3 is 5.32 Å². The Morgan fingerprint density at radius 1 is 1.20 bits per heavy atom. The van der Waals surface area contributed by atoms with Crippen molar-refractivity contribution < 1.29 is 14.0 Å². The van der Waals surface area contributed by atoms with Crippen molar-refractivity contribution in [2.24, 2.45) is 0 Å². The van der Waals surface area contributed by atoms with Gasteiger partial charge in [0.1, 0.15) is 16.4 Å². The summed E-state index contributed by atoms with van der Waals surface area (Å²) in [6, 6.07) is 13.4. The second-order valence-electron chi connectivity index (χ2n) is 7.93. The van der Waals surface area contributed by atoms with Gasteiger partial charge in [0, 0.05) is 6.54 Å². The van der Waals surface area contributed by atoms with Gasteiger partial charge in [0.05, 0.1) is 22.9 Å². The summed E-state index contributed by atoms with van der Waals surface area (Å²) in [5.41, 5.74) is 0.340. The standard InChI is InChI=1S/C22H21FN4O2S/c1-22(14-8-10-15(23)11-9-14)20(28)27(21(29)25-22)13-26-12-4-6-17(26)19-24-16-5-2-3-7-18(16)30-19/h2-3,5,7-11,17H,4,6,12-13H2,1H3,(H,25,29)/t17-,22-/m0/s1. The first kappa shape index (κ1) is 19.1. The van der Waals surface area contributed by atoms with Crippen LogP contribution in [0.25, 0.3) is 10.2 Å². The van der Waals surface area contributed by atoms with E-state index in [4.69, 9.17) is 4.98 Å². The topological polar surface area (TPSA) is 65.5 Å². The van der Waals surface area contributed by atoms with Crippen LogP contribution >= 0.6 is 11.3 Å². The van der Waals surface area contributed by atoms with Crippen molar-refractivity contribution >= 4 is 33.5 Å². The van der Waals surface area contributed by atoms with Crippen LogP contribution in [0.5, 0.6) is 0 Å². The van der Waals surface area contributed by atoms with Crippen molar-refractivity contribution in [3.8, 4) is 0 Å². The number of fused-ring (bicyclic) bond motifs is 1. The molecule has 2 aromatic carbocycles. The van der Waals surface area contributed by atoms with Gasteiger partial charge in [-0.2, -0.15) is 0 Å². The van der Waals surface area contributed by atoms with E-state index in [1.807, 2.05) is 18.2 Å². The van der Waals surface area contributed by atoms with Crippen molar-refractivity contribution in [1.29, 1.82) is 0 Å². The highest BCUT2D eigenvalue weighted by Crippen LogP contribution is 2.37. The molecule has 0 aliphatic carbocycles. The van der Waals surface area contributed by atoms with Crippen LogP contribution in [0, 0.1) is 5.82 Å². The molecule has 0 bridgehead atoms. The van der Waals surface area contributed by atoms with Gasteiger partial charge in [0.2, 0.25) is 0 Å². The van der Waals surface area contributed by atoms with Crippen molar-refractivity contribution in [3.05, 3.63) is 64.9 Å². The number of halogens is 1. The molecule has 2 saturated heterocycles. The van der Waals surface area contributed by atoms with E-state index >= 15 is 0 Å². The van der Waals surface area contributed by atoms with Crippen molar-refractivity contribution in [2.75, 3.05) is 13.2 Å². The van der Waals surface area contributed by atoms with Crippen LogP contribution < -0.4 is 5.32 Å². The molecule has 3 heterocycles. The molecular weight excluding hydrogens is 403 g/mol. The Hall–Kier alpha value is -2.84. The number of amides is 3. The molecule has 154 valence electrons. The van der Waals surface area contributed by atoms with E-state index in [-0.39, 0.29) is 24.4 Å². The summed E-state index contributed by atoms with van der Waals surface area (Å²) in [5.74, 6) is -0.708. The molecule has 0 saturated carbocycles. The molecule has 2 fully saturated rings. The normalized spacial score (nSPS) is 24.7. The number of para-hydroxylation sites is 1. The molecule has 2 aliphatic rings. The summed E-state index contributed by atoms with van der Waals surface area (Å²) in [6.45, 7) is 2.67. The minimum atomic E-state index is -1.20. The lowest BCUT2D eigenvalue weighted by Gasteiger charge is -2.27. The molecule has 6 nitrogen and oxygen atoms in total. The van der Waals surface area contributed by atoms with E-state index in [2.05, 4.69) is 16.3 Å². The number of aromatic nitrogens is 1. The number of urea groups is 1. The smallest absolute Gasteiger partial charge is 0.319 e. The largest absolute Gasteiger partial charge is 0.326 e. The summed E-state index contributed by atoms with van der Waals surface area (Å²) in [5, 5.41) is 3.81. The number of hydrogen-bond donors (Lipinski definition) is 1. The second kappa shape index (κ2) is 7.14. The predicted octanol–water partition coefficient (Wildman–Crippen LogP) is 4.00. The minimum absolute atomic E-state index is 0.0840. The van der Waals surface area contributed by atoms with Crippen molar-refractivity contribution in [2.45, 2.75) is 31.3 Å². The molecule has 2 atom stereocenters.